The average Bonchev–Trinajstić information content (AvgIpc) is 2.70. The molecule has 0 saturated carbocycles. The Morgan fingerprint density at radius 1 is 1.50 bits per heavy atom. The van der Waals surface area contributed by atoms with E-state index >= 15 is 0 Å². The topological polar surface area (TPSA) is 94.0 Å². The summed E-state index contributed by atoms with van der Waals surface area (Å²) in [7, 11) is 0. The van der Waals surface area contributed by atoms with Gasteiger partial charge in [0.05, 0.1) is 11.3 Å². The number of halogens is 1. The lowest BCUT2D eigenvalue weighted by molar-refractivity contribution is 0.0995. The summed E-state index contributed by atoms with van der Waals surface area (Å²) in [5.74, 6) is 0.0272. The van der Waals surface area contributed by atoms with Crippen molar-refractivity contribution in [3.05, 3.63) is 28.9 Å². The Balaban J connectivity index is 2.51. The van der Waals surface area contributed by atoms with Gasteiger partial charge in [-0.2, -0.15) is 0 Å². The van der Waals surface area contributed by atoms with Crippen LogP contribution in [-0.4, -0.2) is 21.9 Å². The third kappa shape index (κ3) is 2.91. The Bertz CT molecular complexity index is 652. The van der Waals surface area contributed by atoms with E-state index in [1.165, 1.54) is 0 Å². The van der Waals surface area contributed by atoms with Gasteiger partial charge >= 0.3 is 0 Å². The van der Waals surface area contributed by atoms with Crippen molar-refractivity contribution in [1.29, 1.82) is 0 Å². The van der Waals surface area contributed by atoms with Crippen LogP contribution in [0.1, 0.15) is 30.1 Å². The molecule has 0 spiro atoms. The number of hydrogen-bond donors (Lipinski definition) is 2. The largest absolute Gasteiger partial charge is 0.440 e. The Labute approximate surface area is 121 Å². The monoisotopic (exact) mass is 294 g/mol. The molecule has 0 fully saturated rings. The molecule has 2 aromatic rings. The van der Waals surface area contributed by atoms with Crippen LogP contribution in [0.4, 0.5) is 5.69 Å². The van der Waals surface area contributed by atoms with Crippen LogP contribution in [-0.2, 0) is 0 Å². The summed E-state index contributed by atoms with van der Waals surface area (Å²) in [6.07, 6.45) is 1.54. The number of rotatable bonds is 4. The highest BCUT2D eigenvalue weighted by molar-refractivity contribution is 6.29. The number of nitrogens with zero attached hydrogens (tertiary/aromatic N) is 2. The van der Waals surface area contributed by atoms with E-state index in [1.54, 1.807) is 19.2 Å². The lowest BCUT2D eigenvalue weighted by Crippen LogP contribution is -2.13. The molecule has 2 rings (SSSR count). The van der Waals surface area contributed by atoms with E-state index in [2.05, 4.69) is 15.3 Å². The molecule has 106 valence electrons. The first-order chi connectivity index (χ1) is 9.38. The molecule has 0 saturated heterocycles. The second kappa shape index (κ2) is 5.50. The minimum Gasteiger partial charge on any atom is -0.440 e. The number of pyridine rings is 1. The Kier molecular flexibility index (Phi) is 3.94. The number of aryl methyl sites for hydroxylation is 1. The van der Waals surface area contributed by atoms with E-state index in [-0.39, 0.29) is 17.6 Å². The molecular weight excluding hydrogens is 280 g/mol. The minimum absolute atomic E-state index is 0.116. The van der Waals surface area contributed by atoms with Gasteiger partial charge in [-0.05, 0) is 26.8 Å². The first-order valence-electron chi connectivity index (χ1n) is 6.08. The first-order valence-corrected chi connectivity index (χ1v) is 6.46. The highest BCUT2D eigenvalue weighted by atomic mass is 35.5. The van der Waals surface area contributed by atoms with Crippen molar-refractivity contribution in [3.63, 3.8) is 0 Å². The van der Waals surface area contributed by atoms with Gasteiger partial charge in [0.2, 0.25) is 5.89 Å². The normalized spacial score (nSPS) is 10.8. The van der Waals surface area contributed by atoms with Crippen LogP contribution in [0.5, 0.6) is 0 Å². The molecule has 6 nitrogen and oxygen atoms in total. The molecule has 0 unspecified atom stereocenters. The molecule has 0 aromatic carbocycles. The number of nitrogens with two attached hydrogens (primary N) is 1. The maximum atomic E-state index is 11.2. The predicted octanol–water partition coefficient (Wildman–Crippen LogP) is 2.62. The van der Waals surface area contributed by atoms with Crippen molar-refractivity contribution in [1.82, 2.24) is 9.97 Å². The van der Waals surface area contributed by atoms with E-state index in [9.17, 15) is 4.79 Å². The van der Waals surface area contributed by atoms with Crippen LogP contribution >= 0.6 is 11.6 Å². The van der Waals surface area contributed by atoms with Crippen molar-refractivity contribution in [3.8, 4) is 11.5 Å². The van der Waals surface area contributed by atoms with Crippen molar-refractivity contribution in [2.45, 2.75) is 26.8 Å². The number of primary amides is 1. The molecule has 1 amide bonds. The van der Waals surface area contributed by atoms with E-state index < -0.39 is 5.91 Å². The molecule has 20 heavy (non-hydrogen) atoms. The lowest BCUT2D eigenvalue weighted by Gasteiger charge is -2.12. The standard InChI is InChI=1S/C13H15ClN4O2/c1-6(2)17-9-4-10(14)16-5-8(9)13-18-11(12(15)19)7(3)20-13/h4-6H,1-3H3,(H2,15,19)(H,16,17). The van der Waals surface area contributed by atoms with Crippen molar-refractivity contribution in [2.24, 2.45) is 5.73 Å². The maximum Gasteiger partial charge on any atom is 0.270 e. The fourth-order valence-corrected chi connectivity index (χ4v) is 1.93. The number of aromatic nitrogens is 2. The Morgan fingerprint density at radius 2 is 2.20 bits per heavy atom. The number of nitrogens with one attached hydrogen (secondary N) is 1. The molecule has 0 aliphatic heterocycles. The molecule has 0 atom stereocenters. The van der Waals surface area contributed by atoms with Gasteiger partial charge in [0.15, 0.2) is 5.69 Å². The molecule has 0 aliphatic carbocycles. The Hall–Kier alpha value is -2.08. The predicted molar refractivity (Wildman–Crippen MR) is 76.8 cm³/mol. The lowest BCUT2D eigenvalue weighted by atomic mass is 10.2. The fraction of sp³-hybridized carbons (Fsp3) is 0.308. The fourth-order valence-electron chi connectivity index (χ4n) is 1.77. The summed E-state index contributed by atoms with van der Waals surface area (Å²) in [4.78, 5) is 19.4. The van der Waals surface area contributed by atoms with Crippen LogP contribution in [0, 0.1) is 6.92 Å². The van der Waals surface area contributed by atoms with Crippen LogP contribution in [0.2, 0.25) is 5.15 Å². The third-order valence-electron chi connectivity index (χ3n) is 2.58. The molecule has 0 bridgehead atoms. The average molecular weight is 295 g/mol. The van der Waals surface area contributed by atoms with Gasteiger partial charge in [-0.3, -0.25) is 4.79 Å². The van der Waals surface area contributed by atoms with Gasteiger partial charge in [-0.15, -0.1) is 0 Å². The molecule has 2 aromatic heterocycles. The van der Waals surface area contributed by atoms with Gasteiger partial charge < -0.3 is 15.5 Å². The van der Waals surface area contributed by atoms with Crippen molar-refractivity contribution < 1.29 is 9.21 Å². The molecular formula is C13H15ClN4O2. The van der Waals surface area contributed by atoms with Gasteiger partial charge in [-0.1, -0.05) is 11.6 Å². The van der Waals surface area contributed by atoms with Crippen LogP contribution in [0.3, 0.4) is 0 Å². The number of carbonyl (C=O) groups is 1. The summed E-state index contributed by atoms with van der Waals surface area (Å²) in [6.45, 7) is 5.62. The van der Waals surface area contributed by atoms with Crippen molar-refractivity contribution >= 4 is 23.2 Å². The highest BCUT2D eigenvalue weighted by Gasteiger charge is 2.18. The first kappa shape index (κ1) is 14.3. The van der Waals surface area contributed by atoms with Crippen LogP contribution in [0.25, 0.3) is 11.5 Å². The molecule has 7 heteroatoms. The summed E-state index contributed by atoms with van der Waals surface area (Å²) in [5.41, 5.74) is 6.71. The third-order valence-corrected chi connectivity index (χ3v) is 2.78. The molecule has 2 heterocycles. The van der Waals surface area contributed by atoms with Crippen molar-refractivity contribution in [2.75, 3.05) is 5.32 Å². The highest BCUT2D eigenvalue weighted by Crippen LogP contribution is 2.30. The van der Waals surface area contributed by atoms with Crippen LogP contribution in [0.15, 0.2) is 16.7 Å². The smallest absolute Gasteiger partial charge is 0.270 e. The molecule has 0 radical (unpaired) electrons. The summed E-state index contributed by atoms with van der Waals surface area (Å²) in [5, 5.41) is 3.59. The van der Waals surface area contributed by atoms with Gasteiger partial charge in [-0.25, -0.2) is 9.97 Å². The number of oxazole rings is 1. The molecule has 0 aliphatic rings. The van der Waals surface area contributed by atoms with E-state index in [4.69, 9.17) is 21.8 Å². The number of amides is 1. The minimum atomic E-state index is -0.627. The summed E-state index contributed by atoms with van der Waals surface area (Å²) < 4.78 is 5.49. The zero-order chi connectivity index (χ0) is 14.9. The maximum absolute atomic E-state index is 11.2. The van der Waals surface area contributed by atoms with Gasteiger partial charge in [0, 0.05) is 12.2 Å². The zero-order valence-electron chi connectivity index (χ0n) is 11.4. The number of hydrogen-bond acceptors (Lipinski definition) is 5. The van der Waals surface area contributed by atoms with E-state index in [1.807, 2.05) is 13.8 Å². The van der Waals surface area contributed by atoms with Gasteiger partial charge in [0.1, 0.15) is 10.9 Å². The van der Waals surface area contributed by atoms with Gasteiger partial charge in [0.25, 0.3) is 5.91 Å². The summed E-state index contributed by atoms with van der Waals surface area (Å²) in [6, 6.07) is 1.87. The Morgan fingerprint density at radius 3 is 2.75 bits per heavy atom. The second-order valence-corrected chi connectivity index (χ2v) is 5.03. The van der Waals surface area contributed by atoms with E-state index in [0.717, 1.165) is 5.69 Å². The second-order valence-electron chi connectivity index (χ2n) is 4.64. The number of carbonyl (C=O) groups excluding carboxylic acids is 1. The number of anilines is 1. The quantitative estimate of drug-likeness (QED) is 0.845. The van der Waals surface area contributed by atoms with Crippen LogP contribution < -0.4 is 11.1 Å². The summed E-state index contributed by atoms with van der Waals surface area (Å²) >= 11 is 5.90. The van der Waals surface area contributed by atoms with E-state index in [0.29, 0.717) is 16.5 Å². The zero-order valence-corrected chi connectivity index (χ0v) is 12.2. The SMILES string of the molecule is Cc1oc(-c2cnc(Cl)cc2NC(C)C)nc1C(N)=O. The molecule has 3 N–H and O–H groups in total.